The Morgan fingerprint density at radius 2 is 2.27 bits per heavy atom. The molecule has 0 fully saturated rings. The van der Waals surface area contributed by atoms with Crippen LogP contribution in [0, 0.1) is 17.8 Å². The van der Waals surface area contributed by atoms with Crippen LogP contribution in [0.3, 0.4) is 0 Å². The van der Waals surface area contributed by atoms with Crippen LogP contribution in [0.2, 0.25) is 0 Å². The summed E-state index contributed by atoms with van der Waals surface area (Å²) in [5, 5.41) is 18.1. The van der Waals surface area contributed by atoms with Crippen molar-refractivity contribution in [3.8, 4) is 6.07 Å². The number of nitrogens with zero attached hydrogens (tertiary/aromatic N) is 1. The van der Waals surface area contributed by atoms with Gasteiger partial charge in [0.25, 0.3) is 0 Å². The van der Waals surface area contributed by atoms with E-state index in [1.165, 1.54) is 0 Å². The van der Waals surface area contributed by atoms with Crippen molar-refractivity contribution in [3.05, 3.63) is 41.3 Å². The van der Waals surface area contributed by atoms with Gasteiger partial charge in [-0.25, -0.2) is 0 Å². The molecule has 1 radical (unpaired) electrons. The van der Waals surface area contributed by atoms with E-state index >= 15 is 0 Å². The molecule has 1 unspecified atom stereocenters. The third kappa shape index (κ3) is 3.07. The molecule has 0 aliphatic rings. The van der Waals surface area contributed by atoms with E-state index in [0.29, 0.717) is 6.42 Å². The van der Waals surface area contributed by atoms with Gasteiger partial charge in [-0.15, -0.1) is 0 Å². The number of hydrogen-bond donors (Lipinski definition) is 1. The monoisotopic (exact) mass is 202 g/mol. The van der Waals surface area contributed by atoms with Crippen LogP contribution in [0.25, 0.3) is 0 Å². The van der Waals surface area contributed by atoms with Gasteiger partial charge in [-0.05, 0) is 43.4 Å². The maximum absolute atomic E-state index is 9.21. The summed E-state index contributed by atoms with van der Waals surface area (Å²) in [6.07, 6.45) is 3.13. The molecule has 15 heavy (non-hydrogen) atoms. The first-order valence-electron chi connectivity index (χ1n) is 5.22. The average molecular weight is 202 g/mol. The van der Waals surface area contributed by atoms with Gasteiger partial charge >= 0.3 is 0 Å². The van der Waals surface area contributed by atoms with Gasteiger partial charge in [0.2, 0.25) is 0 Å². The molecule has 2 nitrogen and oxygen atoms in total. The molecular formula is C13H16NO. The molecule has 1 rings (SSSR count). The Kier molecular flexibility index (Phi) is 4.33. The summed E-state index contributed by atoms with van der Waals surface area (Å²) >= 11 is 0. The molecule has 0 bridgehead atoms. The van der Waals surface area contributed by atoms with Crippen LogP contribution in [0.15, 0.2) is 18.2 Å². The second-order valence-electron chi connectivity index (χ2n) is 3.63. The van der Waals surface area contributed by atoms with Crippen molar-refractivity contribution in [2.75, 3.05) is 0 Å². The predicted molar refractivity (Wildman–Crippen MR) is 60.2 cm³/mol. The van der Waals surface area contributed by atoms with E-state index in [2.05, 4.69) is 6.07 Å². The van der Waals surface area contributed by atoms with E-state index in [9.17, 15) is 5.11 Å². The van der Waals surface area contributed by atoms with E-state index in [1.54, 1.807) is 6.92 Å². The number of hydrogen-bond acceptors (Lipinski definition) is 2. The molecule has 0 aliphatic heterocycles. The second-order valence-corrected chi connectivity index (χ2v) is 3.63. The third-order valence-corrected chi connectivity index (χ3v) is 2.37. The fraction of sp³-hybridized carbons (Fsp3) is 0.385. The summed E-state index contributed by atoms with van der Waals surface area (Å²) in [6.45, 7) is 3.80. The molecule has 0 amide bonds. The summed E-state index contributed by atoms with van der Waals surface area (Å²) < 4.78 is 0. The van der Waals surface area contributed by atoms with Gasteiger partial charge in [0.1, 0.15) is 0 Å². The number of rotatable bonds is 4. The van der Waals surface area contributed by atoms with Crippen LogP contribution in [0.1, 0.15) is 37.0 Å². The summed E-state index contributed by atoms with van der Waals surface area (Å²) in [4.78, 5) is 0. The summed E-state index contributed by atoms with van der Waals surface area (Å²) in [5.74, 6) is 0. The molecule has 1 aromatic carbocycles. The van der Waals surface area contributed by atoms with E-state index in [1.807, 2.05) is 31.5 Å². The topological polar surface area (TPSA) is 44.0 Å². The summed E-state index contributed by atoms with van der Waals surface area (Å²) in [5.41, 5.74) is 2.87. The molecule has 0 spiro atoms. The van der Waals surface area contributed by atoms with Crippen molar-refractivity contribution in [2.24, 2.45) is 0 Å². The molecule has 0 saturated heterocycles. The maximum Gasteiger partial charge on any atom is 0.0994 e. The largest absolute Gasteiger partial charge is 0.393 e. The molecule has 79 valence electrons. The minimum atomic E-state index is -0.333. The molecule has 1 N–H and O–H groups in total. The van der Waals surface area contributed by atoms with Crippen LogP contribution in [-0.2, 0) is 6.42 Å². The molecule has 0 aliphatic carbocycles. The number of aliphatic hydroxyl groups is 1. The third-order valence-electron chi connectivity index (χ3n) is 2.37. The predicted octanol–water partition coefficient (Wildman–Crippen LogP) is 2.44. The van der Waals surface area contributed by atoms with Crippen molar-refractivity contribution in [1.29, 1.82) is 5.26 Å². The lowest BCUT2D eigenvalue weighted by Crippen LogP contribution is -2.02. The van der Waals surface area contributed by atoms with Gasteiger partial charge in [0, 0.05) is 0 Å². The number of nitriles is 1. The van der Waals surface area contributed by atoms with E-state index in [0.717, 1.165) is 23.1 Å². The quantitative estimate of drug-likeness (QED) is 0.815. The average Bonchev–Trinajstić information content (AvgIpc) is 2.25. The van der Waals surface area contributed by atoms with Crippen LogP contribution in [0.5, 0.6) is 0 Å². The highest BCUT2D eigenvalue weighted by atomic mass is 16.3. The molecule has 2 heteroatoms. The lowest BCUT2D eigenvalue weighted by atomic mass is 9.95. The Labute approximate surface area is 91.2 Å². The Bertz CT molecular complexity index is 363. The SMILES string of the molecule is CCc1c(C#N)cccc1[CH]CC(C)O. The van der Waals surface area contributed by atoms with E-state index < -0.39 is 0 Å². The zero-order chi connectivity index (χ0) is 11.3. The highest BCUT2D eigenvalue weighted by molar-refractivity contribution is 5.45. The van der Waals surface area contributed by atoms with Gasteiger partial charge in [-0.2, -0.15) is 5.26 Å². The van der Waals surface area contributed by atoms with Gasteiger partial charge in [0.15, 0.2) is 0 Å². The minimum Gasteiger partial charge on any atom is -0.393 e. The summed E-state index contributed by atoms with van der Waals surface area (Å²) in [6, 6.07) is 7.89. The van der Waals surface area contributed by atoms with Crippen molar-refractivity contribution < 1.29 is 5.11 Å². The lowest BCUT2D eigenvalue weighted by Gasteiger charge is -2.10. The van der Waals surface area contributed by atoms with Gasteiger partial charge in [-0.1, -0.05) is 19.1 Å². The van der Waals surface area contributed by atoms with Crippen molar-refractivity contribution in [3.63, 3.8) is 0 Å². The Morgan fingerprint density at radius 1 is 1.53 bits per heavy atom. The van der Waals surface area contributed by atoms with Gasteiger partial charge in [0.05, 0.1) is 17.7 Å². The lowest BCUT2D eigenvalue weighted by molar-refractivity contribution is 0.195. The number of aliphatic hydroxyl groups excluding tert-OH is 1. The minimum absolute atomic E-state index is 0.333. The fourth-order valence-corrected chi connectivity index (χ4v) is 1.59. The molecule has 1 aromatic rings. The molecule has 0 saturated carbocycles. The van der Waals surface area contributed by atoms with Crippen molar-refractivity contribution in [1.82, 2.24) is 0 Å². The van der Waals surface area contributed by atoms with Crippen LogP contribution >= 0.6 is 0 Å². The second kappa shape index (κ2) is 5.53. The summed E-state index contributed by atoms with van der Waals surface area (Å²) in [7, 11) is 0. The molecule has 0 heterocycles. The first-order valence-corrected chi connectivity index (χ1v) is 5.22. The molecule has 1 atom stereocenters. The smallest absolute Gasteiger partial charge is 0.0994 e. The van der Waals surface area contributed by atoms with Gasteiger partial charge in [-0.3, -0.25) is 0 Å². The Hall–Kier alpha value is -1.33. The first kappa shape index (κ1) is 11.7. The van der Waals surface area contributed by atoms with Crippen LogP contribution in [0.4, 0.5) is 0 Å². The highest BCUT2D eigenvalue weighted by Crippen LogP contribution is 2.18. The first-order chi connectivity index (χ1) is 7.19. The zero-order valence-corrected chi connectivity index (χ0v) is 9.20. The van der Waals surface area contributed by atoms with Crippen LogP contribution < -0.4 is 0 Å². The Morgan fingerprint density at radius 3 is 2.80 bits per heavy atom. The van der Waals surface area contributed by atoms with E-state index in [4.69, 9.17) is 5.26 Å². The molecular weight excluding hydrogens is 186 g/mol. The van der Waals surface area contributed by atoms with E-state index in [-0.39, 0.29) is 6.10 Å². The maximum atomic E-state index is 9.21. The molecule has 0 aromatic heterocycles. The normalized spacial score (nSPS) is 12.1. The van der Waals surface area contributed by atoms with Crippen LogP contribution in [-0.4, -0.2) is 11.2 Å². The van der Waals surface area contributed by atoms with Crippen molar-refractivity contribution >= 4 is 0 Å². The highest BCUT2D eigenvalue weighted by Gasteiger charge is 2.07. The standard InChI is InChI=1S/C13H16NO/c1-3-13-11(8-7-10(2)15)5-4-6-12(13)9-14/h4-6,8,10,15H,3,7H2,1-2H3. The zero-order valence-electron chi connectivity index (χ0n) is 9.20. The Balaban J connectivity index is 2.92. The fourth-order valence-electron chi connectivity index (χ4n) is 1.59. The van der Waals surface area contributed by atoms with Gasteiger partial charge < -0.3 is 5.11 Å². The number of benzene rings is 1. The van der Waals surface area contributed by atoms with Crippen molar-refractivity contribution in [2.45, 2.75) is 32.8 Å².